The van der Waals surface area contributed by atoms with Gasteiger partial charge < -0.3 is 10.1 Å². The molecule has 9 nitrogen and oxygen atoms in total. The SMILES string of the molecule is Cc1nn2cccnc2c1C(=O)NC(C)c1cc2cccc(C#CCN3CCOCC3)c2c(=O)n1-c1ccccc1. The number of aromatic nitrogens is 4. The molecule has 1 atom stereocenters. The summed E-state index contributed by atoms with van der Waals surface area (Å²) in [6, 6.07) is 18.4. The summed E-state index contributed by atoms with van der Waals surface area (Å²) in [5.74, 6) is 6.19. The Kier molecular flexibility index (Phi) is 7.33. The third kappa shape index (κ3) is 5.23. The van der Waals surface area contributed by atoms with E-state index >= 15 is 0 Å². The van der Waals surface area contributed by atoms with Gasteiger partial charge in [-0.2, -0.15) is 5.10 Å². The highest BCUT2D eigenvalue weighted by Crippen LogP contribution is 2.24. The number of nitrogens with one attached hydrogen (secondary N) is 1. The fourth-order valence-corrected chi connectivity index (χ4v) is 5.26. The summed E-state index contributed by atoms with van der Waals surface area (Å²) in [4.78, 5) is 34.3. The van der Waals surface area contributed by atoms with E-state index in [1.807, 2.05) is 61.5 Å². The average molecular weight is 547 g/mol. The summed E-state index contributed by atoms with van der Waals surface area (Å²) in [5, 5.41) is 8.82. The highest BCUT2D eigenvalue weighted by atomic mass is 16.5. The quantitative estimate of drug-likeness (QED) is 0.339. The van der Waals surface area contributed by atoms with Crippen LogP contribution in [-0.4, -0.2) is 62.8 Å². The maximum absolute atomic E-state index is 14.2. The van der Waals surface area contributed by atoms with Crippen LogP contribution in [0.4, 0.5) is 0 Å². The second-order valence-electron chi connectivity index (χ2n) is 10.0. The number of benzene rings is 2. The molecule has 1 saturated heterocycles. The van der Waals surface area contributed by atoms with Gasteiger partial charge in [-0.1, -0.05) is 42.2 Å². The first kappa shape index (κ1) is 26.4. The lowest BCUT2D eigenvalue weighted by Crippen LogP contribution is -2.36. The molecule has 1 N–H and O–H groups in total. The number of nitrogens with zero attached hydrogens (tertiary/aromatic N) is 5. The van der Waals surface area contributed by atoms with Crippen LogP contribution < -0.4 is 10.9 Å². The first-order valence-corrected chi connectivity index (χ1v) is 13.6. The molecule has 5 aromatic rings. The summed E-state index contributed by atoms with van der Waals surface area (Å²) in [5.41, 5.74) is 3.32. The lowest BCUT2D eigenvalue weighted by Gasteiger charge is -2.24. The van der Waals surface area contributed by atoms with Gasteiger partial charge in [0.15, 0.2) is 5.65 Å². The van der Waals surface area contributed by atoms with Crippen molar-refractivity contribution in [2.75, 3.05) is 32.8 Å². The van der Waals surface area contributed by atoms with Crippen molar-refractivity contribution >= 4 is 22.3 Å². The Morgan fingerprint density at radius 2 is 1.90 bits per heavy atom. The van der Waals surface area contributed by atoms with E-state index in [2.05, 4.69) is 32.1 Å². The number of pyridine rings is 1. The van der Waals surface area contributed by atoms with E-state index in [0.717, 1.165) is 18.5 Å². The number of para-hydroxylation sites is 1. The van der Waals surface area contributed by atoms with Gasteiger partial charge in [-0.3, -0.25) is 19.1 Å². The van der Waals surface area contributed by atoms with Gasteiger partial charge in [-0.25, -0.2) is 9.50 Å². The van der Waals surface area contributed by atoms with Crippen molar-refractivity contribution in [3.63, 3.8) is 0 Å². The Morgan fingerprint density at radius 3 is 2.71 bits per heavy atom. The number of amides is 1. The number of carbonyl (C=O) groups excluding carboxylic acids is 1. The molecule has 1 fully saturated rings. The predicted octanol–water partition coefficient (Wildman–Crippen LogP) is 3.52. The van der Waals surface area contributed by atoms with Crippen LogP contribution in [-0.2, 0) is 4.74 Å². The first-order valence-electron chi connectivity index (χ1n) is 13.6. The number of ether oxygens (including phenoxy) is 1. The summed E-state index contributed by atoms with van der Waals surface area (Å²) >= 11 is 0. The molecule has 1 amide bonds. The molecule has 9 heteroatoms. The van der Waals surface area contributed by atoms with Gasteiger partial charge in [0, 0.05) is 42.4 Å². The Balaban J connectivity index is 1.41. The lowest BCUT2D eigenvalue weighted by molar-refractivity contribution is 0.0443. The molecular formula is C32H30N6O3. The number of rotatable bonds is 5. The molecular weight excluding hydrogens is 516 g/mol. The molecule has 0 saturated carbocycles. The van der Waals surface area contributed by atoms with Crippen LogP contribution in [0.25, 0.3) is 22.1 Å². The number of aryl methyl sites for hydroxylation is 1. The van der Waals surface area contributed by atoms with E-state index in [9.17, 15) is 9.59 Å². The monoisotopic (exact) mass is 546 g/mol. The molecule has 0 aliphatic carbocycles. The Morgan fingerprint density at radius 1 is 1.10 bits per heavy atom. The molecule has 6 rings (SSSR count). The van der Waals surface area contributed by atoms with E-state index in [-0.39, 0.29) is 11.5 Å². The predicted molar refractivity (Wildman–Crippen MR) is 157 cm³/mol. The minimum Gasteiger partial charge on any atom is -0.379 e. The molecule has 3 aromatic heterocycles. The number of morpholine rings is 1. The topological polar surface area (TPSA) is 93.8 Å². The van der Waals surface area contributed by atoms with Gasteiger partial charge >= 0.3 is 0 Å². The van der Waals surface area contributed by atoms with E-state index in [0.29, 0.717) is 59.0 Å². The molecule has 1 aliphatic heterocycles. The summed E-state index contributed by atoms with van der Waals surface area (Å²) in [6.07, 6.45) is 3.39. The molecule has 1 aliphatic rings. The molecule has 0 bridgehead atoms. The van der Waals surface area contributed by atoms with Crippen molar-refractivity contribution in [2.24, 2.45) is 0 Å². The van der Waals surface area contributed by atoms with Crippen molar-refractivity contribution in [3.05, 3.63) is 106 Å². The zero-order valence-corrected chi connectivity index (χ0v) is 23.0. The van der Waals surface area contributed by atoms with Crippen LogP contribution in [0.2, 0.25) is 0 Å². The molecule has 1 unspecified atom stereocenters. The van der Waals surface area contributed by atoms with Gasteiger partial charge in [0.1, 0.15) is 5.56 Å². The summed E-state index contributed by atoms with van der Waals surface area (Å²) in [7, 11) is 0. The third-order valence-corrected chi connectivity index (χ3v) is 7.31. The van der Waals surface area contributed by atoms with E-state index in [4.69, 9.17) is 4.74 Å². The van der Waals surface area contributed by atoms with Gasteiger partial charge in [0.05, 0.1) is 36.9 Å². The Bertz CT molecular complexity index is 1860. The van der Waals surface area contributed by atoms with Crippen LogP contribution in [0, 0.1) is 18.8 Å². The van der Waals surface area contributed by atoms with E-state index < -0.39 is 6.04 Å². The van der Waals surface area contributed by atoms with Gasteiger partial charge in [-0.15, -0.1) is 0 Å². The maximum Gasteiger partial charge on any atom is 0.264 e. The van der Waals surface area contributed by atoms with Crippen molar-refractivity contribution < 1.29 is 9.53 Å². The molecule has 0 spiro atoms. The highest BCUT2D eigenvalue weighted by molar-refractivity contribution is 6.01. The van der Waals surface area contributed by atoms with E-state index in [1.165, 1.54) is 0 Å². The second kappa shape index (κ2) is 11.4. The van der Waals surface area contributed by atoms with Crippen molar-refractivity contribution in [1.82, 2.24) is 29.4 Å². The van der Waals surface area contributed by atoms with E-state index in [1.54, 1.807) is 34.5 Å². The third-order valence-electron chi connectivity index (χ3n) is 7.31. The summed E-state index contributed by atoms with van der Waals surface area (Å²) in [6.45, 7) is 7.40. The maximum atomic E-state index is 14.2. The average Bonchev–Trinajstić information content (AvgIpc) is 3.33. The lowest BCUT2D eigenvalue weighted by atomic mass is 10.0. The molecule has 4 heterocycles. The minimum absolute atomic E-state index is 0.185. The van der Waals surface area contributed by atoms with Crippen LogP contribution in [0.15, 0.2) is 77.9 Å². The number of carbonyl (C=O) groups is 1. The van der Waals surface area contributed by atoms with Crippen LogP contribution in [0.1, 0.15) is 40.3 Å². The zero-order valence-electron chi connectivity index (χ0n) is 23.0. The standard InChI is InChI=1S/C32H30N6O3/c1-22(34-31(39)28-23(2)35-37-16-8-14-33-30(28)37)27-21-25-10-6-9-24(11-7-15-36-17-19-41-20-18-36)29(25)32(40)38(27)26-12-4-3-5-13-26/h3-6,8-10,12-14,16,21-22H,15,17-20H2,1-2H3,(H,34,39). The fourth-order valence-electron chi connectivity index (χ4n) is 5.26. The van der Waals surface area contributed by atoms with Crippen LogP contribution in [0.3, 0.4) is 0 Å². The molecule has 41 heavy (non-hydrogen) atoms. The summed E-state index contributed by atoms with van der Waals surface area (Å²) < 4.78 is 8.68. The highest BCUT2D eigenvalue weighted by Gasteiger charge is 2.23. The zero-order chi connectivity index (χ0) is 28.3. The van der Waals surface area contributed by atoms with Crippen LogP contribution in [0.5, 0.6) is 0 Å². The Labute approximate surface area is 237 Å². The van der Waals surface area contributed by atoms with Crippen molar-refractivity contribution in [2.45, 2.75) is 19.9 Å². The number of fused-ring (bicyclic) bond motifs is 2. The molecule has 0 radical (unpaired) electrons. The van der Waals surface area contributed by atoms with Crippen molar-refractivity contribution in [3.8, 4) is 17.5 Å². The Hall–Kier alpha value is -4.78. The largest absolute Gasteiger partial charge is 0.379 e. The van der Waals surface area contributed by atoms with Crippen molar-refractivity contribution in [1.29, 1.82) is 0 Å². The van der Waals surface area contributed by atoms with Gasteiger partial charge in [-0.05, 0) is 49.6 Å². The van der Waals surface area contributed by atoms with Crippen LogP contribution >= 0.6 is 0 Å². The fraction of sp³-hybridized carbons (Fsp3) is 0.250. The molecule has 2 aromatic carbocycles. The molecule has 206 valence electrons. The minimum atomic E-state index is -0.506. The number of hydrogen-bond acceptors (Lipinski definition) is 6. The normalized spacial score (nSPS) is 14.5. The smallest absolute Gasteiger partial charge is 0.264 e. The first-order chi connectivity index (χ1) is 20.0. The second-order valence-corrected chi connectivity index (χ2v) is 10.0. The van der Waals surface area contributed by atoms with Gasteiger partial charge in [0.25, 0.3) is 11.5 Å². The number of hydrogen-bond donors (Lipinski definition) is 1. The van der Waals surface area contributed by atoms with Gasteiger partial charge in [0.2, 0.25) is 0 Å².